The van der Waals surface area contributed by atoms with Crippen LogP contribution >= 0.6 is 0 Å². The third-order valence-corrected chi connectivity index (χ3v) is 4.61. The van der Waals surface area contributed by atoms with Crippen molar-refractivity contribution in [3.05, 3.63) is 42.1 Å². The Bertz CT molecular complexity index is 618. The Morgan fingerprint density at radius 2 is 2.09 bits per heavy atom. The van der Waals surface area contributed by atoms with Crippen LogP contribution in [0.3, 0.4) is 0 Å². The number of piperidine rings is 1. The number of hydrogen-bond donors (Lipinski definition) is 1. The van der Waals surface area contributed by atoms with Gasteiger partial charge in [0.1, 0.15) is 11.9 Å². The molecule has 0 saturated carbocycles. The summed E-state index contributed by atoms with van der Waals surface area (Å²) < 4.78 is 6.99. The standard InChI is InChI=1S/C17H24N4O2/c1-20-10-7-18-17(20)16(22)14-5-8-21(9-6-14)12-13-3-4-15(23-2)19-11-13/h3-4,7,10-11,14,16,22H,5-6,8-9,12H2,1-2H3/t16-/m0/s1. The van der Waals surface area contributed by atoms with Crippen molar-refractivity contribution >= 4 is 0 Å². The van der Waals surface area contributed by atoms with Crippen molar-refractivity contribution in [3.8, 4) is 5.88 Å². The van der Waals surface area contributed by atoms with Crippen molar-refractivity contribution in [1.82, 2.24) is 19.4 Å². The summed E-state index contributed by atoms with van der Waals surface area (Å²) in [5, 5.41) is 10.5. The van der Waals surface area contributed by atoms with Crippen molar-refractivity contribution in [2.24, 2.45) is 13.0 Å². The molecule has 3 rings (SSSR count). The van der Waals surface area contributed by atoms with E-state index in [1.54, 1.807) is 13.3 Å². The number of ether oxygens (including phenoxy) is 1. The maximum Gasteiger partial charge on any atom is 0.212 e. The normalized spacial score (nSPS) is 18.0. The SMILES string of the molecule is COc1ccc(CN2CCC([C@H](O)c3nccn3C)CC2)cn1. The molecule has 0 aliphatic carbocycles. The lowest BCUT2D eigenvalue weighted by molar-refractivity contribution is 0.0492. The number of methoxy groups -OCH3 is 1. The summed E-state index contributed by atoms with van der Waals surface area (Å²) >= 11 is 0. The smallest absolute Gasteiger partial charge is 0.212 e. The van der Waals surface area contributed by atoms with Crippen molar-refractivity contribution in [1.29, 1.82) is 0 Å². The van der Waals surface area contributed by atoms with Gasteiger partial charge in [0.15, 0.2) is 0 Å². The van der Waals surface area contributed by atoms with Crippen LogP contribution in [0, 0.1) is 5.92 Å². The van der Waals surface area contributed by atoms with E-state index in [2.05, 4.69) is 20.9 Å². The van der Waals surface area contributed by atoms with Crippen LogP contribution in [0.15, 0.2) is 30.7 Å². The van der Waals surface area contributed by atoms with Gasteiger partial charge in [-0.1, -0.05) is 6.07 Å². The summed E-state index contributed by atoms with van der Waals surface area (Å²) in [5.74, 6) is 1.69. The molecule has 0 radical (unpaired) electrons. The van der Waals surface area contributed by atoms with Crippen LogP contribution in [-0.2, 0) is 13.6 Å². The van der Waals surface area contributed by atoms with Crippen molar-refractivity contribution < 1.29 is 9.84 Å². The third-order valence-electron chi connectivity index (χ3n) is 4.61. The minimum Gasteiger partial charge on any atom is -0.481 e. The predicted octanol–water partition coefficient (Wildman–Crippen LogP) is 1.77. The van der Waals surface area contributed by atoms with Crippen molar-refractivity contribution in [2.75, 3.05) is 20.2 Å². The summed E-state index contributed by atoms with van der Waals surface area (Å²) in [6.45, 7) is 2.86. The maximum absolute atomic E-state index is 10.5. The van der Waals surface area contributed by atoms with Gasteiger partial charge in [0.05, 0.1) is 7.11 Å². The van der Waals surface area contributed by atoms with Crippen LogP contribution in [0.4, 0.5) is 0 Å². The topological polar surface area (TPSA) is 63.4 Å². The fourth-order valence-corrected chi connectivity index (χ4v) is 3.18. The van der Waals surface area contributed by atoms with Gasteiger partial charge in [0.25, 0.3) is 0 Å². The summed E-state index contributed by atoms with van der Waals surface area (Å²) in [7, 11) is 3.55. The molecule has 1 atom stereocenters. The average molecular weight is 316 g/mol. The first-order valence-electron chi connectivity index (χ1n) is 8.04. The molecule has 0 aromatic carbocycles. The van der Waals surface area contributed by atoms with E-state index in [0.29, 0.717) is 5.88 Å². The highest BCUT2D eigenvalue weighted by atomic mass is 16.5. The molecule has 0 spiro atoms. The third kappa shape index (κ3) is 3.71. The summed E-state index contributed by atoms with van der Waals surface area (Å²) in [6.07, 6.45) is 6.98. The zero-order valence-corrected chi connectivity index (χ0v) is 13.7. The van der Waals surface area contributed by atoms with Crippen LogP contribution in [0.2, 0.25) is 0 Å². The molecule has 23 heavy (non-hydrogen) atoms. The number of aliphatic hydroxyl groups is 1. The first kappa shape index (κ1) is 16.0. The number of aryl methyl sites for hydroxylation is 1. The van der Waals surface area contributed by atoms with E-state index < -0.39 is 6.10 Å². The molecular weight excluding hydrogens is 292 g/mol. The summed E-state index contributed by atoms with van der Waals surface area (Å²) in [4.78, 5) is 10.9. The molecule has 1 saturated heterocycles. The predicted molar refractivity (Wildman–Crippen MR) is 87.0 cm³/mol. The number of likely N-dealkylation sites (tertiary alicyclic amines) is 1. The first-order valence-corrected chi connectivity index (χ1v) is 8.04. The van der Waals surface area contributed by atoms with E-state index in [4.69, 9.17) is 4.74 Å². The number of aromatic nitrogens is 3. The Hall–Kier alpha value is -1.92. The Morgan fingerprint density at radius 3 is 2.65 bits per heavy atom. The lowest BCUT2D eigenvalue weighted by Crippen LogP contribution is -2.35. The Kier molecular flexibility index (Phi) is 4.93. The van der Waals surface area contributed by atoms with Gasteiger partial charge < -0.3 is 14.4 Å². The molecule has 1 fully saturated rings. The van der Waals surface area contributed by atoms with Gasteiger partial charge in [-0.25, -0.2) is 9.97 Å². The second kappa shape index (κ2) is 7.10. The number of pyridine rings is 1. The Balaban J connectivity index is 1.52. The van der Waals surface area contributed by atoms with Gasteiger partial charge in [0.2, 0.25) is 5.88 Å². The minimum atomic E-state index is -0.472. The van der Waals surface area contributed by atoms with Gasteiger partial charge >= 0.3 is 0 Å². The van der Waals surface area contributed by atoms with E-state index in [1.807, 2.05) is 30.1 Å². The molecule has 1 aliphatic rings. The Labute approximate surface area is 136 Å². The number of hydrogen-bond acceptors (Lipinski definition) is 5. The van der Waals surface area contributed by atoms with Crippen LogP contribution in [0.5, 0.6) is 5.88 Å². The molecule has 1 aliphatic heterocycles. The highest BCUT2D eigenvalue weighted by molar-refractivity contribution is 5.17. The lowest BCUT2D eigenvalue weighted by atomic mass is 9.90. The number of aliphatic hydroxyl groups excluding tert-OH is 1. The van der Waals surface area contributed by atoms with Crippen LogP contribution < -0.4 is 4.74 Å². The van der Waals surface area contributed by atoms with Crippen molar-refractivity contribution in [2.45, 2.75) is 25.5 Å². The van der Waals surface area contributed by atoms with Gasteiger partial charge in [-0.05, 0) is 37.4 Å². The first-order chi connectivity index (χ1) is 11.2. The molecule has 3 heterocycles. The molecule has 6 heteroatoms. The fourth-order valence-electron chi connectivity index (χ4n) is 3.18. The molecule has 2 aromatic rings. The fraction of sp³-hybridized carbons (Fsp3) is 0.529. The van der Waals surface area contributed by atoms with E-state index in [9.17, 15) is 5.11 Å². The monoisotopic (exact) mass is 316 g/mol. The number of nitrogens with zero attached hydrogens (tertiary/aromatic N) is 4. The molecule has 2 aromatic heterocycles. The molecular formula is C17H24N4O2. The maximum atomic E-state index is 10.5. The second-order valence-electron chi connectivity index (χ2n) is 6.16. The van der Waals surface area contributed by atoms with Gasteiger partial charge in [0, 0.05) is 38.2 Å². The highest BCUT2D eigenvalue weighted by Crippen LogP contribution is 2.30. The van der Waals surface area contributed by atoms with Crippen LogP contribution in [-0.4, -0.2) is 44.7 Å². The van der Waals surface area contributed by atoms with Gasteiger partial charge in [-0.2, -0.15) is 0 Å². The quantitative estimate of drug-likeness (QED) is 0.911. The van der Waals surface area contributed by atoms with Gasteiger partial charge in [-0.15, -0.1) is 0 Å². The molecule has 1 N–H and O–H groups in total. The van der Waals surface area contributed by atoms with E-state index in [0.717, 1.165) is 38.3 Å². The lowest BCUT2D eigenvalue weighted by Gasteiger charge is -2.34. The largest absolute Gasteiger partial charge is 0.481 e. The minimum absolute atomic E-state index is 0.279. The van der Waals surface area contributed by atoms with Crippen LogP contribution in [0.25, 0.3) is 0 Å². The number of rotatable bonds is 5. The molecule has 0 bridgehead atoms. The summed E-state index contributed by atoms with van der Waals surface area (Å²) in [6, 6.07) is 3.95. The molecule has 0 amide bonds. The van der Waals surface area contributed by atoms with Crippen molar-refractivity contribution in [3.63, 3.8) is 0 Å². The Morgan fingerprint density at radius 1 is 1.30 bits per heavy atom. The number of imidazole rings is 1. The summed E-state index contributed by atoms with van der Waals surface area (Å²) in [5.41, 5.74) is 1.19. The van der Waals surface area contributed by atoms with E-state index in [-0.39, 0.29) is 5.92 Å². The average Bonchev–Trinajstić information content (AvgIpc) is 3.02. The molecule has 6 nitrogen and oxygen atoms in total. The zero-order valence-electron chi connectivity index (χ0n) is 13.7. The molecule has 0 unspecified atom stereocenters. The van der Waals surface area contributed by atoms with Crippen LogP contribution in [0.1, 0.15) is 30.3 Å². The molecule has 124 valence electrons. The second-order valence-corrected chi connectivity index (χ2v) is 6.16. The zero-order chi connectivity index (χ0) is 16.2. The van der Waals surface area contributed by atoms with E-state index in [1.165, 1.54) is 5.56 Å². The van der Waals surface area contributed by atoms with E-state index >= 15 is 0 Å². The highest BCUT2D eigenvalue weighted by Gasteiger charge is 2.28. The van der Waals surface area contributed by atoms with Gasteiger partial charge in [-0.3, -0.25) is 4.90 Å².